The molecule has 2 aromatic carbocycles. The maximum Gasteiger partial charge on any atom is 0.259 e. The first-order chi connectivity index (χ1) is 13.0. The number of carbonyl (C=O) groups is 1. The third-order valence-electron chi connectivity index (χ3n) is 4.99. The van der Waals surface area contributed by atoms with Crippen LogP contribution in [0.25, 0.3) is 0 Å². The Kier molecular flexibility index (Phi) is 6.75. The Hall–Kier alpha value is -2.04. The minimum absolute atomic E-state index is 0.164. The van der Waals surface area contributed by atoms with Crippen molar-refractivity contribution in [2.24, 2.45) is 0 Å². The number of halogens is 1. The Bertz CT molecular complexity index is 801. The summed E-state index contributed by atoms with van der Waals surface area (Å²) in [4.78, 5) is 15.3. The van der Waals surface area contributed by atoms with E-state index >= 15 is 0 Å². The molecule has 4 nitrogen and oxygen atoms in total. The Morgan fingerprint density at radius 2 is 1.89 bits per heavy atom. The van der Waals surface area contributed by atoms with Gasteiger partial charge in [0.15, 0.2) is 0 Å². The van der Waals surface area contributed by atoms with E-state index in [2.05, 4.69) is 10.2 Å². The van der Waals surface area contributed by atoms with Crippen molar-refractivity contribution in [1.82, 2.24) is 4.90 Å². The van der Waals surface area contributed by atoms with E-state index < -0.39 is 0 Å². The second-order valence-electron chi connectivity index (χ2n) is 7.12. The number of amides is 1. The molecule has 1 aliphatic rings. The zero-order valence-electron chi connectivity index (χ0n) is 16.1. The van der Waals surface area contributed by atoms with Crippen LogP contribution in [0.1, 0.15) is 40.7 Å². The van der Waals surface area contributed by atoms with Gasteiger partial charge in [-0.15, -0.1) is 0 Å². The number of rotatable bonds is 6. The van der Waals surface area contributed by atoms with E-state index in [1.54, 1.807) is 6.07 Å². The van der Waals surface area contributed by atoms with Crippen LogP contribution >= 0.6 is 11.6 Å². The van der Waals surface area contributed by atoms with Crippen molar-refractivity contribution in [3.8, 4) is 5.75 Å². The van der Waals surface area contributed by atoms with Crippen LogP contribution in [0.4, 0.5) is 5.69 Å². The Morgan fingerprint density at radius 1 is 1.11 bits per heavy atom. The van der Waals surface area contributed by atoms with Crippen LogP contribution in [0.2, 0.25) is 5.02 Å². The van der Waals surface area contributed by atoms with E-state index in [0.29, 0.717) is 22.9 Å². The molecule has 1 N–H and O–H groups in total. The minimum atomic E-state index is -0.164. The fourth-order valence-corrected chi connectivity index (χ4v) is 3.55. The lowest BCUT2D eigenvalue weighted by Gasteiger charge is -2.26. The molecule has 5 heteroatoms. The fourth-order valence-electron chi connectivity index (χ4n) is 3.44. The molecule has 0 radical (unpaired) electrons. The second kappa shape index (κ2) is 9.25. The highest BCUT2D eigenvalue weighted by Crippen LogP contribution is 2.25. The monoisotopic (exact) mass is 386 g/mol. The highest BCUT2D eigenvalue weighted by Gasteiger charge is 2.17. The van der Waals surface area contributed by atoms with Gasteiger partial charge in [-0.3, -0.25) is 9.69 Å². The Balaban J connectivity index is 1.68. The van der Waals surface area contributed by atoms with Gasteiger partial charge in [-0.2, -0.15) is 0 Å². The summed E-state index contributed by atoms with van der Waals surface area (Å²) in [7, 11) is 0. The second-order valence-corrected chi connectivity index (χ2v) is 7.52. The number of anilines is 1. The number of carbonyl (C=O) groups excluding carboxylic acids is 1. The summed E-state index contributed by atoms with van der Waals surface area (Å²) >= 11 is 6.07. The molecule has 27 heavy (non-hydrogen) atoms. The van der Waals surface area contributed by atoms with Crippen LogP contribution in [0.3, 0.4) is 0 Å². The Labute approximate surface area is 166 Å². The number of nitrogens with one attached hydrogen (secondary N) is 1. The first kappa shape index (κ1) is 19.7. The van der Waals surface area contributed by atoms with Crippen molar-refractivity contribution in [2.75, 3.05) is 31.6 Å². The van der Waals surface area contributed by atoms with Crippen molar-refractivity contribution in [3.63, 3.8) is 0 Å². The lowest BCUT2D eigenvalue weighted by molar-refractivity contribution is 0.102. The summed E-state index contributed by atoms with van der Waals surface area (Å²) in [5.74, 6) is 0.470. The lowest BCUT2D eigenvalue weighted by atomic mass is 10.1. The number of likely N-dealkylation sites (tertiary alicyclic amines) is 1. The highest BCUT2D eigenvalue weighted by molar-refractivity contribution is 6.31. The number of nitrogens with zero attached hydrogens (tertiary/aromatic N) is 1. The van der Waals surface area contributed by atoms with Crippen LogP contribution in [-0.2, 0) is 0 Å². The summed E-state index contributed by atoms with van der Waals surface area (Å²) < 4.78 is 6.00. The van der Waals surface area contributed by atoms with Gasteiger partial charge in [-0.25, -0.2) is 0 Å². The molecule has 3 rings (SSSR count). The topological polar surface area (TPSA) is 41.6 Å². The first-order valence-electron chi connectivity index (χ1n) is 9.57. The van der Waals surface area contributed by atoms with Gasteiger partial charge in [0, 0.05) is 17.3 Å². The first-order valence-corrected chi connectivity index (χ1v) is 9.94. The molecule has 1 amide bonds. The molecule has 1 aliphatic heterocycles. The van der Waals surface area contributed by atoms with E-state index in [1.165, 1.54) is 19.3 Å². The third kappa shape index (κ3) is 5.24. The zero-order valence-corrected chi connectivity index (χ0v) is 16.8. The van der Waals surface area contributed by atoms with Gasteiger partial charge in [0.1, 0.15) is 12.4 Å². The van der Waals surface area contributed by atoms with Crippen LogP contribution in [0.5, 0.6) is 5.75 Å². The number of hydrogen-bond donors (Lipinski definition) is 1. The van der Waals surface area contributed by atoms with E-state index in [-0.39, 0.29) is 5.91 Å². The predicted molar refractivity (Wildman–Crippen MR) is 111 cm³/mol. The zero-order chi connectivity index (χ0) is 19.2. The maximum absolute atomic E-state index is 12.9. The van der Waals surface area contributed by atoms with E-state index in [0.717, 1.165) is 36.4 Å². The third-order valence-corrected chi connectivity index (χ3v) is 5.42. The molecule has 144 valence electrons. The molecular formula is C22H27ClN2O2. The van der Waals surface area contributed by atoms with Crippen molar-refractivity contribution in [1.29, 1.82) is 0 Å². The lowest BCUT2D eigenvalue weighted by Crippen LogP contribution is -2.33. The van der Waals surface area contributed by atoms with Gasteiger partial charge in [-0.1, -0.05) is 30.2 Å². The van der Waals surface area contributed by atoms with Gasteiger partial charge in [0.2, 0.25) is 0 Å². The van der Waals surface area contributed by atoms with Gasteiger partial charge in [-0.05, 0) is 75.2 Å². The van der Waals surface area contributed by atoms with Crippen molar-refractivity contribution in [3.05, 3.63) is 58.1 Å². The normalized spacial score (nSPS) is 14.8. The highest BCUT2D eigenvalue weighted by atomic mass is 35.5. The summed E-state index contributed by atoms with van der Waals surface area (Å²) in [6, 6.07) is 11.2. The average Bonchev–Trinajstić information content (AvgIpc) is 2.65. The molecule has 0 aliphatic carbocycles. The maximum atomic E-state index is 12.9. The quantitative estimate of drug-likeness (QED) is 0.753. The van der Waals surface area contributed by atoms with E-state index in [9.17, 15) is 4.79 Å². The molecule has 0 atom stereocenters. The molecule has 0 spiro atoms. The number of hydrogen-bond acceptors (Lipinski definition) is 3. The molecule has 1 fully saturated rings. The molecule has 2 aromatic rings. The molecule has 0 unspecified atom stereocenters. The molecule has 1 saturated heterocycles. The summed E-state index contributed by atoms with van der Waals surface area (Å²) in [5.41, 5.74) is 3.14. The van der Waals surface area contributed by atoms with Gasteiger partial charge < -0.3 is 10.1 Å². The van der Waals surface area contributed by atoms with Crippen LogP contribution < -0.4 is 10.1 Å². The number of benzene rings is 2. The van der Waals surface area contributed by atoms with Crippen LogP contribution in [0, 0.1) is 13.8 Å². The molecule has 1 heterocycles. The smallest absolute Gasteiger partial charge is 0.259 e. The molecule has 0 saturated carbocycles. The SMILES string of the molecule is Cc1cc(NC(=O)c2c(C)cccc2OCCN2CCCCC2)ccc1Cl. The van der Waals surface area contributed by atoms with Crippen LogP contribution in [-0.4, -0.2) is 37.0 Å². The minimum Gasteiger partial charge on any atom is -0.491 e. The van der Waals surface area contributed by atoms with Gasteiger partial charge in [0.25, 0.3) is 5.91 Å². The largest absolute Gasteiger partial charge is 0.491 e. The van der Waals surface area contributed by atoms with Crippen molar-refractivity contribution >= 4 is 23.2 Å². The Morgan fingerprint density at radius 3 is 2.63 bits per heavy atom. The molecule has 0 bridgehead atoms. The van der Waals surface area contributed by atoms with Crippen LogP contribution in [0.15, 0.2) is 36.4 Å². The van der Waals surface area contributed by atoms with Crippen molar-refractivity contribution < 1.29 is 9.53 Å². The number of aryl methyl sites for hydroxylation is 2. The van der Waals surface area contributed by atoms with Gasteiger partial charge >= 0.3 is 0 Å². The average molecular weight is 387 g/mol. The number of ether oxygens (including phenoxy) is 1. The predicted octanol–water partition coefficient (Wildman–Crippen LogP) is 5.07. The fraction of sp³-hybridized carbons (Fsp3) is 0.409. The van der Waals surface area contributed by atoms with Crippen molar-refractivity contribution in [2.45, 2.75) is 33.1 Å². The van der Waals surface area contributed by atoms with E-state index in [1.807, 2.05) is 44.2 Å². The van der Waals surface area contributed by atoms with E-state index in [4.69, 9.17) is 16.3 Å². The van der Waals surface area contributed by atoms with Gasteiger partial charge in [0.05, 0.1) is 5.56 Å². The summed E-state index contributed by atoms with van der Waals surface area (Å²) in [6.45, 7) is 7.61. The standard InChI is InChI=1S/C22H27ClN2O2/c1-16-7-6-8-20(27-14-13-25-11-4-3-5-12-25)21(16)22(26)24-18-9-10-19(23)17(2)15-18/h6-10,15H,3-5,11-14H2,1-2H3,(H,24,26). The molecular weight excluding hydrogens is 360 g/mol. The molecule has 0 aromatic heterocycles. The summed E-state index contributed by atoms with van der Waals surface area (Å²) in [5, 5.41) is 3.65. The summed E-state index contributed by atoms with van der Waals surface area (Å²) in [6.07, 6.45) is 3.85. The number of piperidine rings is 1.